The summed E-state index contributed by atoms with van der Waals surface area (Å²) >= 11 is 0. The third-order valence-corrected chi connectivity index (χ3v) is 11.0. The highest BCUT2D eigenvalue weighted by atomic mass is 16.6. The summed E-state index contributed by atoms with van der Waals surface area (Å²) < 4.78 is 17.8. The number of carboxylic acid groups (broad SMARTS) is 1. The first kappa shape index (κ1) is 34.7. The molecule has 0 aromatic heterocycles. The molecule has 0 spiro atoms. The molecule has 5 aliphatic heterocycles. The van der Waals surface area contributed by atoms with Crippen molar-refractivity contribution in [3.8, 4) is 11.5 Å². The number of ether oxygens (including phenoxy) is 3. The van der Waals surface area contributed by atoms with Gasteiger partial charge in [0.2, 0.25) is 0 Å². The van der Waals surface area contributed by atoms with E-state index in [-0.39, 0.29) is 30.4 Å². The largest absolute Gasteiger partial charge is 0.486 e. The number of nitrogens with zero attached hydrogens (tertiary/aromatic N) is 5. The second-order valence-corrected chi connectivity index (χ2v) is 14.1. The number of urea groups is 1. The van der Waals surface area contributed by atoms with Crippen LogP contribution in [0.3, 0.4) is 0 Å². The number of carbonyl (C=O) groups is 4. The molecule has 0 saturated carbocycles. The zero-order valence-electron chi connectivity index (χ0n) is 29.3. The number of hydrogen-bond donors (Lipinski definition) is 2. The van der Waals surface area contributed by atoms with Crippen molar-refractivity contribution < 1.29 is 38.5 Å². The minimum Gasteiger partial charge on any atom is -0.486 e. The zero-order valence-corrected chi connectivity index (χ0v) is 29.3. The molecule has 274 valence electrons. The van der Waals surface area contributed by atoms with Crippen LogP contribution in [-0.2, 0) is 22.4 Å². The molecule has 51 heavy (non-hydrogen) atoms. The lowest BCUT2D eigenvalue weighted by Gasteiger charge is -2.42. The standard InChI is InChI=1S/C37H48N6O8/c1-25-22-26(23-31-33(25)50-21-20-49-31)24-32(34(44)40-11-7-28(8-12-40)39-16-18-41(19-17-39)36(46)47)51-37(48)42-13-9-29(10-14-42)43-15-6-27-4-2-3-5-30(27)38-35(43)45/h2-5,22-23,28-29,32H,6-21,24H2,1H3,(H,38,45)(H,46,47). The van der Waals surface area contributed by atoms with Crippen molar-refractivity contribution in [3.63, 3.8) is 0 Å². The van der Waals surface area contributed by atoms with Crippen molar-refractivity contribution in [3.05, 3.63) is 53.1 Å². The number of likely N-dealkylation sites (tertiary alicyclic amines) is 2. The van der Waals surface area contributed by atoms with Crippen LogP contribution in [0.1, 0.15) is 42.4 Å². The molecule has 0 radical (unpaired) electrons. The Kier molecular flexibility index (Phi) is 10.4. The van der Waals surface area contributed by atoms with Crippen LogP contribution in [0.2, 0.25) is 0 Å². The normalized spacial score (nSPS) is 21.0. The molecule has 1 atom stereocenters. The van der Waals surface area contributed by atoms with Gasteiger partial charge in [0.05, 0.1) is 0 Å². The van der Waals surface area contributed by atoms with Gasteiger partial charge < -0.3 is 44.2 Å². The van der Waals surface area contributed by atoms with Gasteiger partial charge in [0, 0.05) is 83.1 Å². The van der Waals surface area contributed by atoms with Gasteiger partial charge in [-0.25, -0.2) is 14.4 Å². The third kappa shape index (κ3) is 7.80. The molecular formula is C37H48N6O8. The molecule has 3 fully saturated rings. The third-order valence-electron chi connectivity index (χ3n) is 11.0. The predicted octanol–water partition coefficient (Wildman–Crippen LogP) is 3.66. The minimum atomic E-state index is -1.03. The number of anilines is 1. The van der Waals surface area contributed by atoms with Crippen LogP contribution in [0.4, 0.5) is 20.1 Å². The summed E-state index contributed by atoms with van der Waals surface area (Å²) in [5.41, 5.74) is 3.67. The molecule has 5 aliphatic rings. The summed E-state index contributed by atoms with van der Waals surface area (Å²) in [5, 5.41) is 12.4. The zero-order chi connectivity index (χ0) is 35.5. The number of hydrogen-bond acceptors (Lipinski definition) is 8. The highest BCUT2D eigenvalue weighted by Crippen LogP contribution is 2.35. The Morgan fingerprint density at radius 1 is 0.863 bits per heavy atom. The Labute approximate surface area is 298 Å². The van der Waals surface area contributed by atoms with Gasteiger partial charge in [-0.15, -0.1) is 0 Å². The number of amides is 5. The second-order valence-electron chi connectivity index (χ2n) is 14.1. The Morgan fingerprint density at radius 3 is 2.29 bits per heavy atom. The van der Waals surface area contributed by atoms with Crippen molar-refractivity contribution in [2.24, 2.45) is 0 Å². The Balaban J connectivity index is 0.989. The molecule has 0 bridgehead atoms. The predicted molar refractivity (Wildman–Crippen MR) is 187 cm³/mol. The van der Waals surface area contributed by atoms with E-state index in [9.17, 15) is 24.3 Å². The topological polar surface area (TPSA) is 144 Å². The van der Waals surface area contributed by atoms with E-state index in [0.717, 1.165) is 41.6 Å². The number of fused-ring (bicyclic) bond motifs is 2. The molecule has 7 rings (SSSR count). The lowest BCUT2D eigenvalue weighted by molar-refractivity contribution is -0.142. The molecule has 5 amide bonds. The van der Waals surface area contributed by atoms with E-state index in [1.807, 2.05) is 48.2 Å². The molecule has 3 saturated heterocycles. The van der Waals surface area contributed by atoms with Gasteiger partial charge in [-0.05, 0) is 67.9 Å². The molecule has 2 N–H and O–H groups in total. The molecule has 0 aliphatic carbocycles. The Hall–Kier alpha value is -4.72. The van der Waals surface area contributed by atoms with E-state index in [1.54, 1.807) is 9.80 Å². The van der Waals surface area contributed by atoms with Crippen LogP contribution in [0.15, 0.2) is 36.4 Å². The molecule has 5 heterocycles. The van der Waals surface area contributed by atoms with Crippen molar-refractivity contribution in [1.29, 1.82) is 0 Å². The molecular weight excluding hydrogens is 656 g/mol. The first-order valence-corrected chi connectivity index (χ1v) is 18.2. The first-order chi connectivity index (χ1) is 24.7. The Bertz CT molecular complexity index is 1610. The van der Waals surface area contributed by atoms with Crippen LogP contribution in [0.25, 0.3) is 0 Å². The fraction of sp³-hybridized carbons (Fsp3) is 0.568. The summed E-state index contributed by atoms with van der Waals surface area (Å²) in [6.07, 6.45) is 1.30. The fourth-order valence-corrected chi connectivity index (χ4v) is 8.14. The van der Waals surface area contributed by atoms with E-state index in [2.05, 4.69) is 10.2 Å². The quantitative estimate of drug-likeness (QED) is 0.461. The van der Waals surface area contributed by atoms with Crippen LogP contribution >= 0.6 is 0 Å². The van der Waals surface area contributed by atoms with Crippen LogP contribution < -0.4 is 14.8 Å². The summed E-state index contributed by atoms with van der Waals surface area (Å²) in [5.74, 6) is 1.10. The van der Waals surface area contributed by atoms with Gasteiger partial charge in [-0.2, -0.15) is 0 Å². The van der Waals surface area contributed by atoms with Gasteiger partial charge >= 0.3 is 18.2 Å². The first-order valence-electron chi connectivity index (χ1n) is 18.2. The SMILES string of the molecule is Cc1cc(CC(OC(=O)N2CCC(N3CCc4ccccc4NC3=O)CC2)C(=O)N2CCC(N3CCN(C(=O)O)CC3)CC2)cc2c1OCCO2. The van der Waals surface area contributed by atoms with Crippen LogP contribution in [0, 0.1) is 6.92 Å². The lowest BCUT2D eigenvalue weighted by atomic mass is 9.99. The van der Waals surface area contributed by atoms with E-state index in [0.29, 0.717) is 96.5 Å². The average molecular weight is 705 g/mol. The van der Waals surface area contributed by atoms with E-state index in [1.165, 1.54) is 4.90 Å². The summed E-state index contributed by atoms with van der Waals surface area (Å²) in [7, 11) is 0. The fourth-order valence-electron chi connectivity index (χ4n) is 8.14. The maximum absolute atomic E-state index is 14.2. The van der Waals surface area contributed by atoms with Gasteiger partial charge in [0.25, 0.3) is 5.91 Å². The maximum atomic E-state index is 14.2. The number of rotatable bonds is 6. The average Bonchev–Trinajstić information content (AvgIpc) is 3.32. The number of benzene rings is 2. The number of piperazine rings is 1. The lowest BCUT2D eigenvalue weighted by Crippen LogP contribution is -2.55. The van der Waals surface area contributed by atoms with Gasteiger partial charge in [0.15, 0.2) is 17.6 Å². The summed E-state index contributed by atoms with van der Waals surface area (Å²) in [6, 6.07) is 11.8. The van der Waals surface area contributed by atoms with Crippen LogP contribution in [0.5, 0.6) is 11.5 Å². The molecule has 14 heteroatoms. The van der Waals surface area contributed by atoms with Crippen molar-refractivity contribution >= 4 is 29.8 Å². The van der Waals surface area contributed by atoms with Crippen LogP contribution in [-0.4, -0.2) is 144 Å². The smallest absolute Gasteiger partial charge is 0.410 e. The highest BCUT2D eigenvalue weighted by Gasteiger charge is 2.37. The van der Waals surface area contributed by atoms with E-state index in [4.69, 9.17) is 14.2 Å². The number of para-hydroxylation sites is 1. The number of piperidine rings is 2. The van der Waals surface area contributed by atoms with Gasteiger partial charge in [0.1, 0.15) is 13.2 Å². The van der Waals surface area contributed by atoms with E-state index >= 15 is 0 Å². The number of aryl methyl sites for hydroxylation is 1. The summed E-state index contributed by atoms with van der Waals surface area (Å²) in [4.78, 5) is 61.4. The summed E-state index contributed by atoms with van der Waals surface area (Å²) in [6.45, 7) is 7.70. The minimum absolute atomic E-state index is 0.00474. The monoisotopic (exact) mass is 704 g/mol. The molecule has 1 unspecified atom stereocenters. The van der Waals surface area contributed by atoms with Gasteiger partial charge in [-0.3, -0.25) is 9.69 Å². The van der Waals surface area contributed by atoms with Crippen molar-refractivity contribution in [2.45, 2.75) is 63.6 Å². The number of carbonyl (C=O) groups excluding carboxylic acids is 3. The molecule has 2 aromatic rings. The van der Waals surface area contributed by atoms with Crippen molar-refractivity contribution in [1.82, 2.24) is 24.5 Å². The van der Waals surface area contributed by atoms with Crippen molar-refractivity contribution in [2.75, 3.05) is 77.4 Å². The van der Waals surface area contributed by atoms with Gasteiger partial charge in [-0.1, -0.05) is 24.3 Å². The molecule has 2 aromatic carbocycles. The molecule has 14 nitrogen and oxygen atoms in total. The number of nitrogens with one attached hydrogen (secondary N) is 1. The maximum Gasteiger partial charge on any atom is 0.410 e. The highest BCUT2D eigenvalue weighted by molar-refractivity contribution is 5.91. The second kappa shape index (κ2) is 15.3. The van der Waals surface area contributed by atoms with E-state index < -0.39 is 18.3 Å². The Morgan fingerprint density at radius 2 is 1.55 bits per heavy atom.